The Bertz CT molecular complexity index is 1200. The van der Waals surface area contributed by atoms with Gasteiger partial charge in [-0.2, -0.15) is 5.26 Å². The predicted molar refractivity (Wildman–Crippen MR) is 109 cm³/mol. The highest BCUT2D eigenvalue weighted by molar-refractivity contribution is 6.24. The number of imide groups is 1. The molecule has 152 valence electrons. The van der Waals surface area contributed by atoms with Crippen LogP contribution in [0.1, 0.15) is 10.4 Å². The molecule has 2 amide bonds. The lowest BCUT2D eigenvalue weighted by Crippen LogP contribution is -2.46. The van der Waals surface area contributed by atoms with Crippen molar-refractivity contribution in [1.82, 2.24) is 4.90 Å². The number of Topliss-reactive ketones (excluding diaryl/α,β-unsaturated/α-hetero) is 1. The fourth-order valence-corrected chi connectivity index (χ4v) is 4.74. The number of nitrogens with zero attached hydrogens (tertiary/aromatic N) is 3. The lowest BCUT2D eigenvalue weighted by molar-refractivity contribution is -0.123. The Morgan fingerprint density at radius 1 is 0.968 bits per heavy atom. The topological polar surface area (TPSA) is 81.5 Å². The monoisotopic (exact) mass is 413 g/mol. The Morgan fingerprint density at radius 3 is 2.32 bits per heavy atom. The van der Waals surface area contributed by atoms with E-state index in [9.17, 15) is 24.0 Å². The summed E-state index contributed by atoms with van der Waals surface area (Å²) in [6.45, 7) is 0. The lowest BCUT2D eigenvalue weighted by atomic mass is 9.86. The number of nitriles is 1. The number of halogens is 1. The number of fused-ring (bicyclic) bond motifs is 3. The zero-order valence-electron chi connectivity index (χ0n) is 16.2. The Morgan fingerprint density at radius 2 is 1.65 bits per heavy atom. The van der Waals surface area contributed by atoms with Crippen molar-refractivity contribution in [2.24, 2.45) is 11.8 Å². The molecule has 4 atom stereocenters. The van der Waals surface area contributed by atoms with Crippen LogP contribution in [0, 0.1) is 29.0 Å². The number of carbonyl (C=O) groups excluding carboxylic acids is 3. The van der Waals surface area contributed by atoms with Gasteiger partial charge in [-0.15, -0.1) is 0 Å². The second-order valence-corrected chi connectivity index (χ2v) is 7.70. The Labute approximate surface area is 177 Å². The second kappa shape index (κ2) is 7.03. The van der Waals surface area contributed by atoms with Crippen LogP contribution in [0.15, 0.2) is 78.5 Å². The highest BCUT2D eigenvalue weighted by Gasteiger charge is 2.63. The molecule has 6 nitrogen and oxygen atoms in total. The van der Waals surface area contributed by atoms with Gasteiger partial charge in [0.25, 0.3) is 0 Å². The molecule has 7 heteroatoms. The standard InChI is InChI=1S/C24H16FN3O3/c25-16-6-8-17(9-7-16)28-23(30)19-18-12-14(13-26)10-11-27(18)21(20(19)24(28)31)22(29)15-4-2-1-3-5-15/h1-12,18-21H/t18-,19+,20+,21+/m1/s1. The number of benzene rings is 2. The van der Waals surface area contributed by atoms with Gasteiger partial charge >= 0.3 is 0 Å². The number of ketones is 1. The maximum Gasteiger partial charge on any atom is 0.240 e. The van der Waals surface area contributed by atoms with Crippen molar-refractivity contribution in [3.05, 3.63) is 89.9 Å². The average molecular weight is 413 g/mol. The number of anilines is 1. The van der Waals surface area contributed by atoms with Gasteiger partial charge in [0.15, 0.2) is 5.78 Å². The van der Waals surface area contributed by atoms with E-state index >= 15 is 0 Å². The fourth-order valence-electron chi connectivity index (χ4n) is 4.74. The van der Waals surface area contributed by atoms with Crippen LogP contribution in [0.5, 0.6) is 0 Å². The summed E-state index contributed by atoms with van der Waals surface area (Å²) in [7, 11) is 0. The Kier molecular flexibility index (Phi) is 4.29. The molecule has 2 aromatic rings. The van der Waals surface area contributed by atoms with Crippen molar-refractivity contribution in [3.8, 4) is 6.07 Å². The maximum atomic E-state index is 13.4. The minimum absolute atomic E-state index is 0.263. The molecule has 0 saturated carbocycles. The summed E-state index contributed by atoms with van der Waals surface area (Å²) in [5.41, 5.74) is 1.07. The molecule has 2 aromatic carbocycles. The highest BCUT2D eigenvalue weighted by atomic mass is 19.1. The first-order valence-electron chi connectivity index (χ1n) is 9.81. The minimum Gasteiger partial charge on any atom is -0.359 e. The number of rotatable bonds is 3. The first kappa shape index (κ1) is 18.9. The van der Waals surface area contributed by atoms with Crippen LogP contribution in [0.25, 0.3) is 0 Å². The molecular weight excluding hydrogens is 397 g/mol. The molecule has 0 spiro atoms. The largest absolute Gasteiger partial charge is 0.359 e. The zero-order valence-corrected chi connectivity index (χ0v) is 16.2. The molecular formula is C24H16FN3O3. The smallest absolute Gasteiger partial charge is 0.240 e. The van der Waals surface area contributed by atoms with E-state index in [4.69, 9.17) is 0 Å². The van der Waals surface area contributed by atoms with Crippen LogP contribution < -0.4 is 4.90 Å². The van der Waals surface area contributed by atoms with Crippen molar-refractivity contribution in [2.45, 2.75) is 12.1 Å². The molecule has 2 saturated heterocycles. The van der Waals surface area contributed by atoms with Gasteiger partial charge in [0.2, 0.25) is 11.8 Å². The third-order valence-corrected chi connectivity index (χ3v) is 6.09. The van der Waals surface area contributed by atoms with E-state index in [1.165, 1.54) is 24.3 Å². The quantitative estimate of drug-likeness (QED) is 0.571. The Hall–Kier alpha value is -4.05. The molecule has 0 N–H and O–H groups in total. The van der Waals surface area contributed by atoms with Crippen molar-refractivity contribution in [3.63, 3.8) is 0 Å². The molecule has 2 fully saturated rings. The van der Waals surface area contributed by atoms with E-state index in [1.54, 1.807) is 53.6 Å². The fraction of sp³-hybridized carbons (Fsp3) is 0.167. The van der Waals surface area contributed by atoms with Gasteiger partial charge in [-0.1, -0.05) is 30.3 Å². The third kappa shape index (κ3) is 2.80. The van der Waals surface area contributed by atoms with E-state index in [1.807, 2.05) is 0 Å². The van der Waals surface area contributed by atoms with Gasteiger partial charge in [-0.25, -0.2) is 9.29 Å². The summed E-state index contributed by atoms with van der Waals surface area (Å²) in [6, 6.07) is 14.3. The lowest BCUT2D eigenvalue weighted by Gasteiger charge is -2.32. The first-order chi connectivity index (χ1) is 15.0. The molecule has 3 heterocycles. The highest BCUT2D eigenvalue weighted by Crippen LogP contribution is 2.47. The van der Waals surface area contributed by atoms with Gasteiger partial charge in [0, 0.05) is 11.8 Å². The van der Waals surface area contributed by atoms with Gasteiger partial charge in [0.05, 0.1) is 35.2 Å². The molecule has 0 bridgehead atoms. The van der Waals surface area contributed by atoms with Gasteiger partial charge < -0.3 is 4.90 Å². The van der Waals surface area contributed by atoms with Crippen LogP contribution in [0.3, 0.4) is 0 Å². The normalized spacial score (nSPS) is 26.4. The van der Waals surface area contributed by atoms with E-state index < -0.39 is 41.6 Å². The van der Waals surface area contributed by atoms with E-state index in [0.29, 0.717) is 11.1 Å². The van der Waals surface area contributed by atoms with Gasteiger partial charge in [0.1, 0.15) is 11.9 Å². The van der Waals surface area contributed by atoms with Gasteiger partial charge in [-0.05, 0) is 36.4 Å². The molecule has 0 aliphatic carbocycles. The molecule has 3 aliphatic heterocycles. The van der Waals surface area contributed by atoms with E-state index in [2.05, 4.69) is 6.07 Å². The van der Waals surface area contributed by atoms with Crippen LogP contribution in [-0.2, 0) is 9.59 Å². The molecule has 31 heavy (non-hydrogen) atoms. The van der Waals surface area contributed by atoms with Crippen molar-refractivity contribution >= 4 is 23.3 Å². The SMILES string of the molecule is N#CC1=C[C@@H]2[C@@H]3C(=O)N(c4ccc(F)cc4)C(=O)[C@@H]3[C@@H](C(=O)c3ccccc3)N2C=C1. The summed E-state index contributed by atoms with van der Waals surface area (Å²) in [4.78, 5) is 43.0. The number of carbonyl (C=O) groups is 3. The van der Waals surface area contributed by atoms with Crippen LogP contribution in [-0.4, -0.2) is 34.6 Å². The minimum atomic E-state index is -0.908. The van der Waals surface area contributed by atoms with E-state index in [-0.39, 0.29) is 11.5 Å². The number of hydrogen-bond acceptors (Lipinski definition) is 5. The maximum absolute atomic E-state index is 13.4. The molecule has 5 rings (SSSR count). The summed E-state index contributed by atoms with van der Waals surface area (Å²) >= 11 is 0. The van der Waals surface area contributed by atoms with Crippen molar-refractivity contribution in [2.75, 3.05) is 4.90 Å². The third-order valence-electron chi connectivity index (χ3n) is 6.09. The van der Waals surface area contributed by atoms with Crippen LogP contribution in [0.4, 0.5) is 10.1 Å². The summed E-state index contributed by atoms with van der Waals surface area (Å²) in [5.74, 6) is -3.42. The summed E-state index contributed by atoms with van der Waals surface area (Å²) in [5, 5.41) is 9.33. The summed E-state index contributed by atoms with van der Waals surface area (Å²) < 4.78 is 13.4. The number of amides is 2. The summed E-state index contributed by atoms with van der Waals surface area (Å²) in [6.07, 6.45) is 4.83. The Balaban J connectivity index is 1.61. The van der Waals surface area contributed by atoms with Crippen LogP contribution in [0.2, 0.25) is 0 Å². The second-order valence-electron chi connectivity index (χ2n) is 7.70. The van der Waals surface area contributed by atoms with Crippen molar-refractivity contribution in [1.29, 1.82) is 5.26 Å². The molecule has 3 aliphatic rings. The first-order valence-corrected chi connectivity index (χ1v) is 9.81. The molecule has 0 aromatic heterocycles. The van der Waals surface area contributed by atoms with E-state index in [0.717, 1.165) is 4.90 Å². The number of hydrogen-bond donors (Lipinski definition) is 0. The number of allylic oxidation sites excluding steroid dienone is 2. The molecule has 0 unspecified atom stereocenters. The van der Waals surface area contributed by atoms with Crippen molar-refractivity contribution < 1.29 is 18.8 Å². The average Bonchev–Trinajstić information content (AvgIpc) is 3.26. The molecule has 0 radical (unpaired) electrons. The zero-order chi connectivity index (χ0) is 21.7. The van der Waals surface area contributed by atoms with Crippen LogP contribution >= 0.6 is 0 Å². The predicted octanol–water partition coefficient (Wildman–Crippen LogP) is 2.84. The van der Waals surface area contributed by atoms with Gasteiger partial charge in [-0.3, -0.25) is 14.4 Å².